The van der Waals surface area contributed by atoms with Gasteiger partial charge in [-0.15, -0.1) is 0 Å². The van der Waals surface area contributed by atoms with Crippen molar-refractivity contribution in [2.24, 2.45) is 0 Å². The Morgan fingerprint density at radius 1 is 1.11 bits per heavy atom. The van der Waals surface area contributed by atoms with Crippen LogP contribution in [0.25, 0.3) is 11.0 Å². The molecule has 1 saturated carbocycles. The third kappa shape index (κ3) is 4.64. The van der Waals surface area contributed by atoms with Crippen molar-refractivity contribution >= 4 is 28.8 Å². The number of fused-ring (bicyclic) bond motifs is 1. The van der Waals surface area contributed by atoms with Crippen LogP contribution in [0.4, 0.5) is 16.4 Å². The molecule has 2 heterocycles. The van der Waals surface area contributed by atoms with Crippen LogP contribution < -0.4 is 15.5 Å². The largest absolute Gasteiger partial charge is 0.444 e. The summed E-state index contributed by atoms with van der Waals surface area (Å²) in [5.74, 6) is 1.72. The summed E-state index contributed by atoms with van der Waals surface area (Å²) in [4.78, 5) is 24.2. The Morgan fingerprint density at radius 2 is 1.82 bits per heavy atom. The van der Waals surface area contributed by atoms with E-state index in [9.17, 15) is 4.79 Å². The first-order chi connectivity index (χ1) is 13.4. The number of hydrogen-bond acceptors (Lipinski definition) is 6. The fourth-order valence-electron chi connectivity index (χ4n) is 3.49. The van der Waals surface area contributed by atoms with Crippen LogP contribution in [0.2, 0.25) is 0 Å². The number of piperidine rings is 1. The highest BCUT2D eigenvalue weighted by atomic mass is 16.6. The number of para-hydroxylation sites is 2. The van der Waals surface area contributed by atoms with Crippen LogP contribution in [0.1, 0.15) is 46.5 Å². The van der Waals surface area contributed by atoms with Gasteiger partial charge in [0.25, 0.3) is 0 Å². The van der Waals surface area contributed by atoms with Crippen molar-refractivity contribution in [3.8, 4) is 0 Å². The summed E-state index contributed by atoms with van der Waals surface area (Å²) in [6.45, 7) is 7.23. The monoisotopic (exact) mass is 383 g/mol. The molecule has 7 nitrogen and oxygen atoms in total. The van der Waals surface area contributed by atoms with E-state index in [1.165, 1.54) is 12.8 Å². The molecule has 0 radical (unpaired) electrons. The van der Waals surface area contributed by atoms with Crippen molar-refractivity contribution in [2.45, 2.75) is 64.1 Å². The third-order valence-corrected chi connectivity index (χ3v) is 4.91. The Bertz CT molecular complexity index is 859. The first kappa shape index (κ1) is 18.8. The summed E-state index contributed by atoms with van der Waals surface area (Å²) in [5, 5.41) is 6.55. The maximum Gasteiger partial charge on any atom is 0.407 e. The Balaban J connectivity index is 1.53. The van der Waals surface area contributed by atoms with Crippen molar-refractivity contribution in [1.29, 1.82) is 0 Å². The van der Waals surface area contributed by atoms with E-state index in [4.69, 9.17) is 14.7 Å². The summed E-state index contributed by atoms with van der Waals surface area (Å²) >= 11 is 0. The molecule has 0 unspecified atom stereocenters. The zero-order valence-electron chi connectivity index (χ0n) is 16.9. The number of carbonyl (C=O) groups is 1. The molecule has 0 bridgehead atoms. The number of hydrogen-bond donors (Lipinski definition) is 2. The molecule has 4 rings (SSSR count). The molecule has 1 amide bonds. The Labute approximate surface area is 165 Å². The Hall–Kier alpha value is -2.57. The lowest BCUT2D eigenvalue weighted by Crippen LogP contribution is -2.49. The number of nitrogens with one attached hydrogen (secondary N) is 2. The zero-order valence-corrected chi connectivity index (χ0v) is 16.9. The average molecular weight is 383 g/mol. The molecule has 2 aromatic rings. The van der Waals surface area contributed by atoms with Crippen molar-refractivity contribution in [3.05, 3.63) is 24.3 Å². The number of benzene rings is 1. The fraction of sp³-hybridized carbons (Fsp3) is 0.571. The molecule has 28 heavy (non-hydrogen) atoms. The molecule has 1 aliphatic carbocycles. The molecular weight excluding hydrogens is 354 g/mol. The molecule has 2 aliphatic rings. The number of carbonyl (C=O) groups excluding carboxylic acids is 1. The van der Waals surface area contributed by atoms with Gasteiger partial charge in [0.15, 0.2) is 11.6 Å². The normalized spacial score (nSPS) is 20.1. The summed E-state index contributed by atoms with van der Waals surface area (Å²) in [7, 11) is 0. The molecule has 1 saturated heterocycles. The minimum atomic E-state index is -0.496. The first-order valence-electron chi connectivity index (χ1n) is 10.2. The Morgan fingerprint density at radius 3 is 2.50 bits per heavy atom. The molecule has 2 N–H and O–H groups in total. The van der Waals surface area contributed by atoms with Gasteiger partial charge in [0.1, 0.15) is 5.60 Å². The molecule has 1 aromatic heterocycles. The standard InChI is InChI=1S/C21H29N5O2/c1-21(2,3)28-20(27)23-15-7-6-12-26(13-15)19-18(22-14-10-11-14)24-16-8-4-5-9-17(16)25-19/h4-5,8-9,14-15H,6-7,10-13H2,1-3H3,(H,22,24)(H,23,27)/t15-/m0/s1. The minimum absolute atomic E-state index is 0.0330. The smallest absolute Gasteiger partial charge is 0.407 e. The summed E-state index contributed by atoms with van der Waals surface area (Å²) < 4.78 is 5.41. The van der Waals surface area contributed by atoms with Gasteiger partial charge in [-0.05, 0) is 58.6 Å². The van der Waals surface area contributed by atoms with Gasteiger partial charge in [-0.1, -0.05) is 12.1 Å². The van der Waals surface area contributed by atoms with E-state index in [0.29, 0.717) is 12.6 Å². The second kappa shape index (κ2) is 7.45. The van der Waals surface area contributed by atoms with Gasteiger partial charge >= 0.3 is 6.09 Å². The van der Waals surface area contributed by atoms with E-state index in [0.717, 1.165) is 42.1 Å². The quantitative estimate of drug-likeness (QED) is 0.838. The van der Waals surface area contributed by atoms with E-state index in [1.54, 1.807) is 0 Å². The number of anilines is 2. The van der Waals surface area contributed by atoms with Crippen molar-refractivity contribution < 1.29 is 9.53 Å². The van der Waals surface area contributed by atoms with Gasteiger partial charge in [-0.2, -0.15) is 0 Å². The van der Waals surface area contributed by atoms with E-state index in [2.05, 4.69) is 15.5 Å². The number of nitrogens with zero attached hydrogens (tertiary/aromatic N) is 3. The number of aromatic nitrogens is 2. The second-order valence-electron chi connectivity index (χ2n) is 8.73. The van der Waals surface area contributed by atoms with Crippen LogP contribution in [0.5, 0.6) is 0 Å². The van der Waals surface area contributed by atoms with E-state index in [-0.39, 0.29) is 12.1 Å². The van der Waals surface area contributed by atoms with Crippen LogP contribution in [0, 0.1) is 0 Å². The van der Waals surface area contributed by atoms with Crippen LogP contribution in [-0.4, -0.2) is 46.8 Å². The van der Waals surface area contributed by atoms with Gasteiger partial charge in [0, 0.05) is 25.2 Å². The topological polar surface area (TPSA) is 79.4 Å². The molecule has 1 aromatic carbocycles. The van der Waals surface area contributed by atoms with Gasteiger partial charge in [-0.25, -0.2) is 14.8 Å². The summed E-state index contributed by atoms with van der Waals surface area (Å²) in [6, 6.07) is 8.48. The summed E-state index contributed by atoms with van der Waals surface area (Å²) in [6.07, 6.45) is 3.91. The number of rotatable bonds is 4. The molecule has 1 atom stereocenters. The predicted molar refractivity (Wildman–Crippen MR) is 111 cm³/mol. The van der Waals surface area contributed by atoms with Crippen molar-refractivity contribution in [3.63, 3.8) is 0 Å². The summed E-state index contributed by atoms with van der Waals surface area (Å²) in [5.41, 5.74) is 1.29. The van der Waals surface area contributed by atoms with E-state index < -0.39 is 5.60 Å². The van der Waals surface area contributed by atoms with Crippen LogP contribution in [-0.2, 0) is 4.74 Å². The van der Waals surface area contributed by atoms with Crippen molar-refractivity contribution in [1.82, 2.24) is 15.3 Å². The number of alkyl carbamates (subject to hydrolysis) is 1. The lowest BCUT2D eigenvalue weighted by Gasteiger charge is -2.35. The molecule has 7 heteroatoms. The first-order valence-corrected chi connectivity index (χ1v) is 10.2. The second-order valence-corrected chi connectivity index (χ2v) is 8.73. The molecule has 2 fully saturated rings. The highest BCUT2D eigenvalue weighted by Crippen LogP contribution is 2.32. The van der Waals surface area contributed by atoms with Gasteiger partial charge in [0.05, 0.1) is 11.0 Å². The molecule has 0 spiro atoms. The minimum Gasteiger partial charge on any atom is -0.444 e. The Kier molecular flexibility index (Phi) is 5.00. The molecular formula is C21H29N5O2. The van der Waals surface area contributed by atoms with Gasteiger partial charge in [0.2, 0.25) is 0 Å². The number of ether oxygens (including phenoxy) is 1. The van der Waals surface area contributed by atoms with Crippen molar-refractivity contribution in [2.75, 3.05) is 23.3 Å². The lowest BCUT2D eigenvalue weighted by atomic mass is 10.1. The zero-order chi connectivity index (χ0) is 19.7. The number of amides is 1. The van der Waals surface area contributed by atoms with Crippen LogP contribution >= 0.6 is 0 Å². The highest BCUT2D eigenvalue weighted by Gasteiger charge is 2.29. The predicted octanol–water partition coefficient (Wildman–Crippen LogP) is 3.70. The average Bonchev–Trinajstić information content (AvgIpc) is 3.44. The van der Waals surface area contributed by atoms with Gasteiger partial charge < -0.3 is 20.3 Å². The molecule has 150 valence electrons. The SMILES string of the molecule is CC(C)(C)OC(=O)N[C@H]1CCCN(c2nc3ccccc3nc2NC2CC2)C1. The maximum absolute atomic E-state index is 12.2. The van der Waals surface area contributed by atoms with Crippen LogP contribution in [0.15, 0.2) is 24.3 Å². The third-order valence-electron chi connectivity index (χ3n) is 4.91. The van der Waals surface area contributed by atoms with Gasteiger partial charge in [-0.3, -0.25) is 0 Å². The maximum atomic E-state index is 12.2. The van der Waals surface area contributed by atoms with E-state index in [1.807, 2.05) is 45.0 Å². The fourth-order valence-corrected chi connectivity index (χ4v) is 3.49. The lowest BCUT2D eigenvalue weighted by molar-refractivity contribution is 0.0500. The highest BCUT2D eigenvalue weighted by molar-refractivity contribution is 5.80. The van der Waals surface area contributed by atoms with E-state index >= 15 is 0 Å². The van der Waals surface area contributed by atoms with Crippen LogP contribution in [0.3, 0.4) is 0 Å². The molecule has 1 aliphatic heterocycles.